The van der Waals surface area contributed by atoms with Crippen molar-refractivity contribution in [1.29, 1.82) is 0 Å². The summed E-state index contributed by atoms with van der Waals surface area (Å²) < 4.78 is 32.2. The molecule has 1 aromatic carbocycles. The highest BCUT2D eigenvalue weighted by Gasteiger charge is 2.33. The van der Waals surface area contributed by atoms with Crippen LogP contribution in [0.1, 0.15) is 42.1 Å². The molecule has 0 unspecified atom stereocenters. The lowest BCUT2D eigenvalue weighted by molar-refractivity contribution is -0.121. The van der Waals surface area contributed by atoms with Crippen LogP contribution in [0.2, 0.25) is 5.02 Å². The van der Waals surface area contributed by atoms with Gasteiger partial charge in [-0.25, -0.2) is 28.7 Å². The SMILES string of the molecule is NC(=O)[C@@H]1CCCN1C(=O)c1ccc(Nc2ncnc3c2c(F)cn3C2CCN(c3ncc(Cl)cn3)CC2)c(F)c1. The number of likely N-dealkylation sites (tertiary alicyclic amines) is 1. The van der Waals surface area contributed by atoms with E-state index < -0.39 is 29.5 Å². The monoisotopic (exact) mass is 581 g/mol. The van der Waals surface area contributed by atoms with E-state index in [4.69, 9.17) is 17.3 Å². The number of fused-ring (bicyclic) bond motifs is 1. The summed E-state index contributed by atoms with van der Waals surface area (Å²) in [6, 6.07) is 3.18. The molecule has 0 radical (unpaired) electrons. The fourth-order valence-corrected chi connectivity index (χ4v) is 5.67. The molecule has 3 N–H and O–H groups in total. The Labute approximate surface area is 238 Å². The van der Waals surface area contributed by atoms with E-state index in [0.29, 0.717) is 61.9 Å². The quantitative estimate of drug-likeness (QED) is 0.351. The molecule has 2 aliphatic heterocycles. The van der Waals surface area contributed by atoms with Gasteiger partial charge >= 0.3 is 0 Å². The maximum Gasteiger partial charge on any atom is 0.254 e. The predicted octanol–water partition coefficient (Wildman–Crippen LogP) is 3.83. The highest BCUT2D eigenvalue weighted by molar-refractivity contribution is 6.30. The number of carbonyl (C=O) groups is 2. The first kappa shape index (κ1) is 26.8. The van der Waals surface area contributed by atoms with Crippen LogP contribution in [-0.4, -0.2) is 66.9 Å². The molecule has 1 atom stereocenters. The number of nitrogens with two attached hydrogens (primary N) is 1. The Hall–Kier alpha value is -4.39. The van der Waals surface area contributed by atoms with Crippen LogP contribution in [0.4, 0.5) is 26.2 Å². The number of amides is 2. The molecule has 0 aliphatic carbocycles. The van der Waals surface area contributed by atoms with Crippen LogP contribution in [0, 0.1) is 11.6 Å². The third-order valence-corrected chi connectivity index (χ3v) is 7.82. The first-order chi connectivity index (χ1) is 19.8. The van der Waals surface area contributed by atoms with E-state index in [1.165, 1.54) is 29.6 Å². The Morgan fingerprint density at radius 3 is 2.46 bits per heavy atom. The number of carbonyl (C=O) groups excluding carboxylic acids is 2. The van der Waals surface area contributed by atoms with Gasteiger partial charge in [-0.1, -0.05) is 11.6 Å². The lowest BCUT2D eigenvalue weighted by Crippen LogP contribution is -2.43. The molecule has 41 heavy (non-hydrogen) atoms. The van der Waals surface area contributed by atoms with Crippen molar-refractivity contribution >= 4 is 51.9 Å². The number of benzene rings is 1. The van der Waals surface area contributed by atoms with Gasteiger partial charge in [-0.05, 0) is 43.9 Å². The predicted molar refractivity (Wildman–Crippen MR) is 148 cm³/mol. The molecule has 2 fully saturated rings. The number of nitrogens with one attached hydrogen (secondary N) is 1. The minimum Gasteiger partial charge on any atom is -0.368 e. The van der Waals surface area contributed by atoms with Crippen LogP contribution in [0.25, 0.3) is 11.0 Å². The van der Waals surface area contributed by atoms with E-state index >= 15 is 8.78 Å². The van der Waals surface area contributed by atoms with Crippen molar-refractivity contribution in [1.82, 2.24) is 29.4 Å². The Bertz CT molecular complexity index is 1620. The molecule has 4 aromatic rings. The van der Waals surface area contributed by atoms with Crippen LogP contribution >= 0.6 is 11.6 Å². The zero-order chi connectivity index (χ0) is 28.7. The second-order valence-electron chi connectivity index (χ2n) is 10.1. The summed E-state index contributed by atoms with van der Waals surface area (Å²) in [6.45, 7) is 1.70. The fraction of sp³-hybridized carbons (Fsp3) is 0.333. The number of primary amides is 1. The van der Waals surface area contributed by atoms with Gasteiger partial charge in [-0.3, -0.25) is 9.59 Å². The van der Waals surface area contributed by atoms with E-state index in [1.54, 1.807) is 17.0 Å². The standard InChI is InChI=1S/C27H26ClF2N9O2/c28-16-11-32-27(33-12-16)37-8-5-17(6-9-37)39-13-19(30)22-24(34-14-35-25(22)39)36-20-4-3-15(10-18(20)29)26(41)38-7-1-2-21(38)23(31)40/h3-4,10-14,17,21H,1-2,5-9H2,(H2,31,40)(H,34,35,36)/t21-/m0/s1. The van der Waals surface area contributed by atoms with Gasteiger partial charge in [0.2, 0.25) is 11.9 Å². The van der Waals surface area contributed by atoms with Crippen LogP contribution in [0.15, 0.2) is 43.1 Å². The highest BCUT2D eigenvalue weighted by atomic mass is 35.5. The third-order valence-electron chi connectivity index (χ3n) is 7.62. The van der Waals surface area contributed by atoms with Gasteiger partial charge in [-0.15, -0.1) is 0 Å². The van der Waals surface area contributed by atoms with E-state index in [0.717, 1.165) is 6.07 Å². The minimum absolute atomic E-state index is 0.0119. The van der Waals surface area contributed by atoms with Crippen LogP contribution in [0.3, 0.4) is 0 Å². The molecule has 11 nitrogen and oxygen atoms in total. The van der Waals surface area contributed by atoms with Gasteiger partial charge < -0.3 is 25.4 Å². The average molecular weight is 582 g/mol. The first-order valence-corrected chi connectivity index (χ1v) is 13.6. The molecule has 2 saturated heterocycles. The topological polar surface area (TPSA) is 135 Å². The molecular weight excluding hydrogens is 556 g/mol. The summed E-state index contributed by atoms with van der Waals surface area (Å²) in [5.74, 6) is -1.63. The van der Waals surface area contributed by atoms with E-state index in [2.05, 4.69) is 25.3 Å². The molecule has 212 valence electrons. The van der Waals surface area contributed by atoms with Crippen molar-refractivity contribution < 1.29 is 18.4 Å². The van der Waals surface area contributed by atoms with Crippen molar-refractivity contribution in [2.24, 2.45) is 5.73 Å². The molecule has 3 aromatic heterocycles. The summed E-state index contributed by atoms with van der Waals surface area (Å²) >= 11 is 5.89. The lowest BCUT2D eigenvalue weighted by atomic mass is 10.1. The number of piperidine rings is 1. The Morgan fingerprint density at radius 2 is 1.76 bits per heavy atom. The number of aromatic nitrogens is 5. The van der Waals surface area contributed by atoms with E-state index in [-0.39, 0.29) is 28.5 Å². The van der Waals surface area contributed by atoms with E-state index in [9.17, 15) is 9.59 Å². The van der Waals surface area contributed by atoms with E-state index in [1.807, 2.05) is 4.90 Å². The molecule has 14 heteroatoms. The second kappa shape index (κ2) is 10.9. The minimum atomic E-state index is -0.728. The highest BCUT2D eigenvalue weighted by Crippen LogP contribution is 2.33. The lowest BCUT2D eigenvalue weighted by Gasteiger charge is -2.32. The molecule has 0 bridgehead atoms. The van der Waals surface area contributed by atoms with Gasteiger partial charge in [0.15, 0.2) is 5.82 Å². The fourth-order valence-electron chi connectivity index (χ4n) is 5.57. The summed E-state index contributed by atoms with van der Waals surface area (Å²) in [4.78, 5) is 45.1. The molecule has 5 heterocycles. The maximum absolute atomic E-state index is 15.3. The van der Waals surface area contributed by atoms with Gasteiger partial charge in [-0.2, -0.15) is 0 Å². The molecule has 0 saturated carbocycles. The Balaban J connectivity index is 1.20. The summed E-state index contributed by atoms with van der Waals surface area (Å²) in [7, 11) is 0. The molecule has 6 rings (SSSR count). The van der Waals surface area contributed by atoms with Crippen LogP contribution < -0.4 is 16.0 Å². The molecule has 2 amide bonds. The zero-order valence-corrected chi connectivity index (χ0v) is 22.6. The molecular formula is C27H26ClF2N9O2. The normalized spacial score (nSPS) is 17.8. The largest absolute Gasteiger partial charge is 0.368 e. The summed E-state index contributed by atoms with van der Waals surface area (Å²) in [6.07, 6.45) is 8.34. The summed E-state index contributed by atoms with van der Waals surface area (Å²) in [5, 5.41) is 3.45. The zero-order valence-electron chi connectivity index (χ0n) is 21.8. The second-order valence-corrected chi connectivity index (χ2v) is 10.5. The van der Waals surface area contributed by atoms with Crippen LogP contribution in [0.5, 0.6) is 0 Å². The Kier molecular flexibility index (Phi) is 7.12. The van der Waals surface area contributed by atoms with Crippen molar-refractivity contribution in [2.75, 3.05) is 29.9 Å². The maximum atomic E-state index is 15.3. The molecule has 2 aliphatic rings. The van der Waals surface area contributed by atoms with Crippen molar-refractivity contribution in [2.45, 2.75) is 37.8 Å². The number of anilines is 3. The number of hydrogen-bond acceptors (Lipinski definition) is 8. The average Bonchev–Trinajstić information content (AvgIpc) is 3.60. The van der Waals surface area contributed by atoms with Gasteiger partial charge in [0.25, 0.3) is 5.91 Å². The number of nitrogens with zero attached hydrogens (tertiary/aromatic N) is 7. The third kappa shape index (κ3) is 5.12. The number of halogens is 3. The summed E-state index contributed by atoms with van der Waals surface area (Å²) in [5.41, 5.74) is 5.90. The first-order valence-electron chi connectivity index (χ1n) is 13.2. The van der Waals surface area contributed by atoms with Gasteiger partial charge in [0.1, 0.15) is 29.7 Å². The Morgan fingerprint density at radius 1 is 1.00 bits per heavy atom. The number of rotatable bonds is 6. The smallest absolute Gasteiger partial charge is 0.254 e. The molecule has 0 spiro atoms. The van der Waals surface area contributed by atoms with Crippen LogP contribution in [-0.2, 0) is 4.79 Å². The van der Waals surface area contributed by atoms with Crippen molar-refractivity contribution in [3.05, 3.63) is 65.3 Å². The van der Waals surface area contributed by atoms with Crippen molar-refractivity contribution in [3.8, 4) is 0 Å². The van der Waals surface area contributed by atoms with Gasteiger partial charge in [0.05, 0.1) is 28.5 Å². The van der Waals surface area contributed by atoms with Gasteiger partial charge in [0, 0.05) is 37.4 Å². The number of hydrogen-bond donors (Lipinski definition) is 2. The van der Waals surface area contributed by atoms with Crippen molar-refractivity contribution in [3.63, 3.8) is 0 Å².